The summed E-state index contributed by atoms with van der Waals surface area (Å²) in [5.74, 6) is -0.0125. The van der Waals surface area contributed by atoms with Crippen LogP contribution in [0.1, 0.15) is 25.7 Å². The fraction of sp³-hybridized carbons (Fsp3) is 0.333. The van der Waals surface area contributed by atoms with Gasteiger partial charge in [-0.15, -0.1) is 0 Å². The third-order valence-corrected chi connectivity index (χ3v) is 3.84. The number of benzene rings is 1. The summed E-state index contributed by atoms with van der Waals surface area (Å²) in [7, 11) is 0. The Morgan fingerprint density at radius 2 is 2.05 bits per heavy atom. The molecular formula is C15H18N4O. The van der Waals surface area contributed by atoms with E-state index in [0.717, 1.165) is 36.2 Å². The van der Waals surface area contributed by atoms with Crippen molar-refractivity contribution in [2.24, 2.45) is 5.73 Å². The number of aromatic amines is 1. The highest BCUT2D eigenvalue weighted by atomic mass is 16.1. The topological polar surface area (TPSA) is 83.8 Å². The first kappa shape index (κ1) is 12.9. The molecule has 0 aliphatic heterocycles. The Kier molecular flexibility index (Phi) is 3.28. The van der Waals surface area contributed by atoms with Crippen molar-refractivity contribution in [2.75, 3.05) is 5.32 Å². The molecule has 1 saturated carbocycles. The van der Waals surface area contributed by atoms with Gasteiger partial charge in [-0.1, -0.05) is 12.1 Å². The highest BCUT2D eigenvalue weighted by Gasteiger charge is 2.34. The number of nitrogens with two attached hydrogens (primary N) is 1. The Labute approximate surface area is 117 Å². The predicted molar refractivity (Wildman–Crippen MR) is 78.0 cm³/mol. The molecule has 5 nitrogen and oxygen atoms in total. The van der Waals surface area contributed by atoms with Gasteiger partial charge in [-0.05, 0) is 43.0 Å². The van der Waals surface area contributed by atoms with E-state index in [0.29, 0.717) is 6.42 Å². The van der Waals surface area contributed by atoms with Crippen molar-refractivity contribution in [2.45, 2.75) is 31.2 Å². The number of hydrogen-bond acceptors (Lipinski definition) is 3. The third-order valence-electron chi connectivity index (χ3n) is 3.84. The number of hydrogen-bond donors (Lipinski definition) is 3. The summed E-state index contributed by atoms with van der Waals surface area (Å²) >= 11 is 0. The zero-order chi connectivity index (χ0) is 14.0. The van der Waals surface area contributed by atoms with Crippen molar-refractivity contribution in [1.82, 2.24) is 10.2 Å². The van der Waals surface area contributed by atoms with Crippen LogP contribution in [-0.4, -0.2) is 21.6 Å². The molecule has 1 heterocycles. The van der Waals surface area contributed by atoms with Crippen LogP contribution in [0.2, 0.25) is 0 Å². The van der Waals surface area contributed by atoms with Gasteiger partial charge in [0.1, 0.15) is 0 Å². The zero-order valence-corrected chi connectivity index (χ0v) is 11.2. The third kappa shape index (κ3) is 2.72. The number of nitrogens with one attached hydrogen (secondary N) is 2. The molecule has 0 spiro atoms. The molecule has 1 aromatic heterocycles. The maximum absolute atomic E-state index is 11.9. The first-order chi connectivity index (χ1) is 9.65. The van der Waals surface area contributed by atoms with E-state index in [1.54, 1.807) is 6.20 Å². The van der Waals surface area contributed by atoms with Crippen LogP contribution in [0.15, 0.2) is 36.5 Å². The molecule has 1 amide bonds. The second kappa shape index (κ2) is 5.09. The Bertz CT molecular complexity index is 585. The van der Waals surface area contributed by atoms with Gasteiger partial charge in [-0.2, -0.15) is 5.10 Å². The summed E-state index contributed by atoms with van der Waals surface area (Å²) < 4.78 is 0. The van der Waals surface area contributed by atoms with Crippen molar-refractivity contribution < 1.29 is 4.79 Å². The first-order valence-electron chi connectivity index (χ1n) is 6.83. The largest absolute Gasteiger partial charge is 0.326 e. The highest BCUT2D eigenvalue weighted by Crippen LogP contribution is 2.32. The van der Waals surface area contributed by atoms with Crippen molar-refractivity contribution >= 4 is 11.6 Å². The van der Waals surface area contributed by atoms with Gasteiger partial charge in [0.15, 0.2) is 0 Å². The maximum Gasteiger partial charge on any atom is 0.226 e. The first-order valence-corrected chi connectivity index (χ1v) is 6.83. The van der Waals surface area contributed by atoms with E-state index in [2.05, 4.69) is 15.5 Å². The van der Waals surface area contributed by atoms with Crippen LogP contribution in [0.3, 0.4) is 0 Å². The van der Waals surface area contributed by atoms with E-state index >= 15 is 0 Å². The molecule has 5 heteroatoms. The molecule has 104 valence electrons. The van der Waals surface area contributed by atoms with E-state index in [1.807, 2.05) is 30.3 Å². The minimum Gasteiger partial charge on any atom is -0.326 e. The summed E-state index contributed by atoms with van der Waals surface area (Å²) in [6, 6.07) is 9.58. The lowest BCUT2D eigenvalue weighted by Gasteiger charge is -2.37. The smallest absolute Gasteiger partial charge is 0.226 e. The van der Waals surface area contributed by atoms with Gasteiger partial charge < -0.3 is 11.1 Å². The number of carbonyl (C=O) groups excluding carboxylic acids is 1. The fourth-order valence-corrected chi connectivity index (χ4v) is 2.48. The molecule has 20 heavy (non-hydrogen) atoms. The van der Waals surface area contributed by atoms with Crippen molar-refractivity contribution in [3.63, 3.8) is 0 Å². The van der Waals surface area contributed by atoms with Gasteiger partial charge in [-0.3, -0.25) is 9.89 Å². The monoisotopic (exact) mass is 270 g/mol. The number of aromatic nitrogens is 2. The lowest BCUT2D eigenvalue weighted by molar-refractivity contribution is -0.118. The summed E-state index contributed by atoms with van der Waals surface area (Å²) in [5.41, 5.74) is 8.58. The second-order valence-corrected chi connectivity index (χ2v) is 5.49. The highest BCUT2D eigenvalue weighted by molar-refractivity contribution is 5.91. The zero-order valence-electron chi connectivity index (χ0n) is 11.2. The van der Waals surface area contributed by atoms with Gasteiger partial charge in [-0.25, -0.2) is 0 Å². The van der Waals surface area contributed by atoms with Gasteiger partial charge in [0, 0.05) is 23.8 Å². The molecule has 0 unspecified atom stereocenters. The number of H-pyrrole nitrogens is 1. The number of rotatable bonds is 4. The Balaban J connectivity index is 1.62. The molecule has 1 fully saturated rings. The van der Waals surface area contributed by atoms with Gasteiger partial charge >= 0.3 is 0 Å². The van der Waals surface area contributed by atoms with Crippen molar-refractivity contribution in [3.05, 3.63) is 36.5 Å². The lowest BCUT2D eigenvalue weighted by Crippen LogP contribution is -2.48. The SMILES string of the molecule is NC1(CC(=O)Nc2ccc(-c3ccn[nH]3)cc2)CCC1. The van der Waals surface area contributed by atoms with Gasteiger partial charge in [0.05, 0.1) is 5.69 Å². The van der Waals surface area contributed by atoms with Crippen LogP contribution >= 0.6 is 0 Å². The summed E-state index contributed by atoms with van der Waals surface area (Å²) in [6.07, 6.45) is 5.13. The number of anilines is 1. The second-order valence-electron chi connectivity index (χ2n) is 5.49. The van der Waals surface area contributed by atoms with Crippen LogP contribution < -0.4 is 11.1 Å². The minimum absolute atomic E-state index is 0.0125. The fourth-order valence-electron chi connectivity index (χ4n) is 2.48. The van der Waals surface area contributed by atoms with E-state index in [9.17, 15) is 4.79 Å². The predicted octanol–water partition coefficient (Wildman–Crippen LogP) is 2.29. The van der Waals surface area contributed by atoms with Crippen LogP contribution in [-0.2, 0) is 4.79 Å². The molecule has 0 saturated heterocycles. The standard InChI is InChI=1S/C15H18N4O/c16-15(7-1-8-15)10-14(20)18-12-4-2-11(3-5-12)13-6-9-17-19-13/h2-6,9H,1,7-8,10,16H2,(H,17,19)(H,18,20). The average Bonchev–Trinajstić information content (AvgIpc) is 2.91. The average molecular weight is 270 g/mol. The van der Waals surface area contributed by atoms with E-state index in [-0.39, 0.29) is 11.4 Å². The molecule has 2 aromatic rings. The molecule has 3 rings (SSSR count). The summed E-state index contributed by atoms with van der Waals surface area (Å²) in [4.78, 5) is 11.9. The van der Waals surface area contributed by atoms with Crippen molar-refractivity contribution in [1.29, 1.82) is 0 Å². The van der Waals surface area contributed by atoms with Gasteiger partial charge in [0.2, 0.25) is 5.91 Å². The van der Waals surface area contributed by atoms with Gasteiger partial charge in [0.25, 0.3) is 0 Å². The number of nitrogens with zero attached hydrogens (tertiary/aromatic N) is 1. The summed E-state index contributed by atoms with van der Waals surface area (Å²) in [6.45, 7) is 0. The lowest BCUT2D eigenvalue weighted by atomic mass is 9.75. The Morgan fingerprint density at radius 3 is 2.60 bits per heavy atom. The molecular weight excluding hydrogens is 252 g/mol. The number of amides is 1. The van der Waals surface area contributed by atoms with E-state index < -0.39 is 0 Å². The normalized spacial score (nSPS) is 16.4. The quantitative estimate of drug-likeness (QED) is 0.797. The molecule has 4 N–H and O–H groups in total. The van der Waals surface area contributed by atoms with Crippen LogP contribution in [0.5, 0.6) is 0 Å². The molecule has 0 atom stereocenters. The molecule has 0 radical (unpaired) electrons. The maximum atomic E-state index is 11.9. The summed E-state index contributed by atoms with van der Waals surface area (Å²) in [5, 5.41) is 9.72. The number of carbonyl (C=O) groups is 1. The molecule has 1 aromatic carbocycles. The Morgan fingerprint density at radius 1 is 1.30 bits per heavy atom. The van der Waals surface area contributed by atoms with E-state index in [4.69, 9.17) is 5.73 Å². The Hall–Kier alpha value is -2.14. The molecule has 1 aliphatic carbocycles. The van der Waals surface area contributed by atoms with Crippen molar-refractivity contribution in [3.8, 4) is 11.3 Å². The van der Waals surface area contributed by atoms with Crippen LogP contribution in [0.4, 0.5) is 5.69 Å². The van der Waals surface area contributed by atoms with Crippen LogP contribution in [0, 0.1) is 0 Å². The molecule has 1 aliphatic rings. The molecule has 0 bridgehead atoms. The van der Waals surface area contributed by atoms with Crippen LogP contribution in [0.25, 0.3) is 11.3 Å². The minimum atomic E-state index is -0.278. The van der Waals surface area contributed by atoms with E-state index in [1.165, 1.54) is 0 Å².